The van der Waals surface area contributed by atoms with E-state index in [9.17, 15) is 8.42 Å². The van der Waals surface area contributed by atoms with Gasteiger partial charge in [-0.05, 0) is 42.0 Å². The summed E-state index contributed by atoms with van der Waals surface area (Å²) in [6.45, 7) is 3.19. The summed E-state index contributed by atoms with van der Waals surface area (Å²) in [5.41, 5.74) is 1.18. The Labute approximate surface area is 185 Å². The van der Waals surface area contributed by atoms with Gasteiger partial charge in [0.15, 0.2) is 0 Å². The minimum absolute atomic E-state index is 0.305. The van der Waals surface area contributed by atoms with Crippen molar-refractivity contribution in [1.82, 2.24) is 9.21 Å². The normalized spacial score (nSPS) is 14.9. The average Bonchev–Trinajstić information content (AvgIpc) is 2.76. The number of halogens is 1. The molecular weight excluding hydrogens is 448 g/mol. The Balaban J connectivity index is 0.000000501. The predicted octanol–water partition coefficient (Wildman–Crippen LogP) is 2.01. The lowest BCUT2D eigenvalue weighted by Gasteiger charge is -2.34. The molecule has 0 bridgehead atoms. The van der Waals surface area contributed by atoms with Crippen LogP contribution in [0.1, 0.15) is 5.56 Å². The molecule has 9 nitrogen and oxygen atoms in total. The van der Waals surface area contributed by atoms with Gasteiger partial charge in [0.1, 0.15) is 5.75 Å². The van der Waals surface area contributed by atoms with Crippen molar-refractivity contribution < 1.29 is 33.0 Å². The number of rotatable bonds is 5. The molecule has 1 aliphatic heterocycles. The molecule has 1 heterocycles. The monoisotopic (exact) mass is 470 g/mol. The van der Waals surface area contributed by atoms with Crippen LogP contribution in [0.5, 0.6) is 5.75 Å². The van der Waals surface area contributed by atoms with E-state index in [0.717, 1.165) is 11.6 Å². The van der Waals surface area contributed by atoms with Crippen LogP contribution in [-0.2, 0) is 26.2 Å². The molecular formula is C20H23ClN2O7S. The second-order valence-corrected chi connectivity index (χ2v) is 8.97. The lowest BCUT2D eigenvalue weighted by Crippen LogP contribution is -2.48. The smallest absolute Gasteiger partial charge is 0.414 e. The third-order valence-corrected chi connectivity index (χ3v) is 6.70. The number of methoxy groups -OCH3 is 1. The fourth-order valence-corrected chi connectivity index (χ4v) is 4.42. The zero-order valence-corrected chi connectivity index (χ0v) is 18.3. The fourth-order valence-electron chi connectivity index (χ4n) is 2.87. The summed E-state index contributed by atoms with van der Waals surface area (Å²) in [5, 5.41) is 15.5. The highest BCUT2D eigenvalue weighted by Gasteiger charge is 2.28. The predicted molar refractivity (Wildman–Crippen MR) is 114 cm³/mol. The molecule has 0 aromatic heterocycles. The Morgan fingerprint density at radius 3 is 1.90 bits per heavy atom. The van der Waals surface area contributed by atoms with Gasteiger partial charge in [-0.2, -0.15) is 4.31 Å². The summed E-state index contributed by atoms with van der Waals surface area (Å²) < 4.78 is 32.1. The number of benzene rings is 2. The molecule has 0 unspecified atom stereocenters. The van der Waals surface area contributed by atoms with Gasteiger partial charge < -0.3 is 14.9 Å². The van der Waals surface area contributed by atoms with Crippen LogP contribution in [0.4, 0.5) is 0 Å². The lowest BCUT2D eigenvalue weighted by atomic mass is 10.2. The molecule has 1 fully saturated rings. The number of carboxylic acid groups (broad SMARTS) is 2. The number of carboxylic acids is 2. The summed E-state index contributed by atoms with van der Waals surface area (Å²) in [4.78, 5) is 20.8. The van der Waals surface area contributed by atoms with E-state index in [1.54, 1.807) is 35.7 Å². The summed E-state index contributed by atoms with van der Waals surface area (Å²) >= 11 is 5.91. The standard InChI is InChI=1S/C18H21ClN2O3S.C2H2O4/c1-24-17-6-8-18(9-7-17)25(22,23)21-12-10-20(11-13-21)14-15-2-4-16(19)5-3-15;3-1(4)2(5)6/h2-9H,10-14H2,1H3;(H,3,4)(H,5,6). The molecule has 1 aliphatic rings. The van der Waals surface area contributed by atoms with Gasteiger partial charge in [-0.15, -0.1) is 0 Å². The molecule has 0 aliphatic carbocycles. The molecule has 1 saturated heterocycles. The topological polar surface area (TPSA) is 124 Å². The van der Waals surface area contributed by atoms with Crippen LogP contribution in [0, 0.1) is 0 Å². The molecule has 2 aromatic carbocycles. The van der Waals surface area contributed by atoms with Gasteiger partial charge in [-0.25, -0.2) is 18.0 Å². The molecule has 11 heteroatoms. The maximum absolute atomic E-state index is 12.7. The number of nitrogens with zero attached hydrogens (tertiary/aromatic N) is 2. The Hall–Kier alpha value is -2.66. The molecule has 168 valence electrons. The van der Waals surface area contributed by atoms with E-state index in [-0.39, 0.29) is 0 Å². The number of hydrogen-bond acceptors (Lipinski definition) is 6. The summed E-state index contributed by atoms with van der Waals surface area (Å²) in [7, 11) is -1.90. The highest BCUT2D eigenvalue weighted by Crippen LogP contribution is 2.21. The highest BCUT2D eigenvalue weighted by molar-refractivity contribution is 7.89. The maximum Gasteiger partial charge on any atom is 0.414 e. The van der Waals surface area contributed by atoms with Gasteiger partial charge in [-0.3, -0.25) is 4.90 Å². The number of hydrogen-bond donors (Lipinski definition) is 2. The average molecular weight is 471 g/mol. The van der Waals surface area contributed by atoms with Crippen molar-refractivity contribution in [3.8, 4) is 5.75 Å². The summed E-state index contributed by atoms with van der Waals surface area (Å²) in [5.74, 6) is -3.00. The third-order valence-electron chi connectivity index (χ3n) is 4.53. The van der Waals surface area contributed by atoms with Crippen molar-refractivity contribution in [2.24, 2.45) is 0 Å². The van der Waals surface area contributed by atoms with Gasteiger partial charge >= 0.3 is 11.9 Å². The van der Waals surface area contributed by atoms with Crippen LogP contribution < -0.4 is 4.74 Å². The quantitative estimate of drug-likeness (QED) is 0.636. The van der Waals surface area contributed by atoms with Crippen molar-refractivity contribution in [2.75, 3.05) is 33.3 Å². The molecule has 0 amide bonds. The van der Waals surface area contributed by atoms with Crippen molar-refractivity contribution in [3.05, 3.63) is 59.1 Å². The van der Waals surface area contributed by atoms with Crippen molar-refractivity contribution in [2.45, 2.75) is 11.4 Å². The van der Waals surface area contributed by atoms with E-state index in [4.69, 9.17) is 36.1 Å². The van der Waals surface area contributed by atoms with Gasteiger partial charge in [0.25, 0.3) is 0 Å². The van der Waals surface area contributed by atoms with Gasteiger partial charge in [0.05, 0.1) is 12.0 Å². The van der Waals surface area contributed by atoms with Crippen molar-refractivity contribution in [3.63, 3.8) is 0 Å². The molecule has 31 heavy (non-hydrogen) atoms. The van der Waals surface area contributed by atoms with Crippen molar-refractivity contribution >= 4 is 33.6 Å². The molecule has 3 rings (SSSR count). The molecule has 0 atom stereocenters. The summed E-state index contributed by atoms with van der Waals surface area (Å²) in [6, 6.07) is 14.3. The molecule has 2 N–H and O–H groups in total. The number of aliphatic carboxylic acids is 2. The first-order chi connectivity index (χ1) is 14.6. The first-order valence-electron chi connectivity index (χ1n) is 9.20. The number of carbonyl (C=O) groups is 2. The van der Waals surface area contributed by atoms with Gasteiger partial charge in [-0.1, -0.05) is 23.7 Å². The van der Waals surface area contributed by atoms with Gasteiger partial charge in [0.2, 0.25) is 10.0 Å². The molecule has 2 aromatic rings. The molecule has 0 radical (unpaired) electrons. The highest BCUT2D eigenvalue weighted by atomic mass is 35.5. The second kappa shape index (κ2) is 11.1. The van der Waals surface area contributed by atoms with Crippen molar-refractivity contribution in [1.29, 1.82) is 0 Å². The second-order valence-electron chi connectivity index (χ2n) is 6.59. The van der Waals surface area contributed by atoms with Crippen LogP contribution >= 0.6 is 11.6 Å². The first-order valence-corrected chi connectivity index (χ1v) is 11.0. The Bertz CT molecular complexity index is 975. The van der Waals surface area contributed by atoms with E-state index in [1.807, 2.05) is 24.3 Å². The SMILES string of the molecule is COc1ccc(S(=O)(=O)N2CCN(Cc3ccc(Cl)cc3)CC2)cc1.O=C(O)C(=O)O. The van der Waals surface area contributed by atoms with Crippen LogP contribution in [0.15, 0.2) is 53.4 Å². The van der Waals surface area contributed by atoms with Crippen LogP contribution in [-0.4, -0.2) is 73.1 Å². The number of sulfonamides is 1. The largest absolute Gasteiger partial charge is 0.497 e. The van der Waals surface area contributed by atoms with E-state index < -0.39 is 22.0 Å². The van der Waals surface area contributed by atoms with E-state index in [2.05, 4.69) is 4.90 Å². The van der Waals surface area contributed by atoms with Crippen LogP contribution in [0.3, 0.4) is 0 Å². The Kier molecular flexibility index (Phi) is 8.81. The lowest BCUT2D eigenvalue weighted by molar-refractivity contribution is -0.159. The fraction of sp³-hybridized carbons (Fsp3) is 0.300. The minimum atomic E-state index is -3.46. The zero-order valence-electron chi connectivity index (χ0n) is 16.8. The Morgan fingerprint density at radius 2 is 1.45 bits per heavy atom. The van der Waals surface area contributed by atoms with Crippen LogP contribution in [0.25, 0.3) is 0 Å². The summed E-state index contributed by atoms with van der Waals surface area (Å²) in [6.07, 6.45) is 0. The molecule has 0 saturated carbocycles. The molecule has 0 spiro atoms. The van der Waals surface area contributed by atoms with Gasteiger partial charge in [0, 0.05) is 37.7 Å². The maximum atomic E-state index is 12.7. The Morgan fingerprint density at radius 1 is 0.935 bits per heavy atom. The zero-order chi connectivity index (χ0) is 23.0. The third kappa shape index (κ3) is 7.21. The van der Waals surface area contributed by atoms with E-state index in [1.165, 1.54) is 5.56 Å². The minimum Gasteiger partial charge on any atom is -0.497 e. The van der Waals surface area contributed by atoms with E-state index in [0.29, 0.717) is 36.8 Å². The van der Waals surface area contributed by atoms with E-state index >= 15 is 0 Å². The van der Waals surface area contributed by atoms with Crippen LogP contribution in [0.2, 0.25) is 5.02 Å². The number of piperazine rings is 1. The number of ether oxygens (including phenoxy) is 1. The first kappa shape index (κ1) is 24.6.